The van der Waals surface area contributed by atoms with Crippen molar-refractivity contribution in [3.63, 3.8) is 0 Å². The third-order valence-electron chi connectivity index (χ3n) is 2.96. The van der Waals surface area contributed by atoms with Crippen LogP contribution in [0.3, 0.4) is 0 Å². The monoisotopic (exact) mass is 191 g/mol. The van der Waals surface area contributed by atoms with Crippen LogP contribution in [0.1, 0.15) is 26.0 Å². The number of pyridine rings is 1. The fraction of sp³-hybridized carbons (Fsp3) is 0.545. The Bertz CT molecular complexity index is 358. The van der Waals surface area contributed by atoms with Gasteiger partial charge in [0.2, 0.25) is 0 Å². The number of nitrogens with one attached hydrogen (secondary N) is 1. The highest BCUT2D eigenvalue weighted by Crippen LogP contribution is 2.46. The van der Waals surface area contributed by atoms with Crippen LogP contribution >= 0.6 is 0 Å². The molecule has 1 aliphatic carbocycles. The van der Waals surface area contributed by atoms with E-state index in [4.69, 9.17) is 5.73 Å². The van der Waals surface area contributed by atoms with Gasteiger partial charge in [-0.05, 0) is 30.9 Å². The van der Waals surface area contributed by atoms with Crippen LogP contribution in [-0.2, 0) is 0 Å². The second kappa shape index (κ2) is 2.87. The first-order valence-electron chi connectivity index (χ1n) is 4.99. The lowest BCUT2D eigenvalue weighted by molar-refractivity contribution is 0.630. The van der Waals surface area contributed by atoms with Gasteiger partial charge in [-0.1, -0.05) is 13.8 Å². The molecular weight excluding hydrogens is 174 g/mol. The van der Waals surface area contributed by atoms with Crippen molar-refractivity contribution in [2.45, 2.75) is 33.2 Å². The molecule has 1 atom stereocenters. The molecule has 3 nitrogen and oxygen atoms in total. The van der Waals surface area contributed by atoms with E-state index in [0.29, 0.717) is 11.5 Å². The molecule has 0 amide bonds. The number of anilines is 2. The number of nitrogen functional groups attached to an aromatic ring is 1. The van der Waals surface area contributed by atoms with E-state index in [1.165, 1.54) is 6.42 Å². The van der Waals surface area contributed by atoms with Gasteiger partial charge < -0.3 is 11.1 Å². The van der Waals surface area contributed by atoms with Gasteiger partial charge in [-0.2, -0.15) is 0 Å². The quantitative estimate of drug-likeness (QED) is 0.753. The van der Waals surface area contributed by atoms with Crippen LogP contribution < -0.4 is 11.1 Å². The van der Waals surface area contributed by atoms with Crippen molar-refractivity contribution in [3.8, 4) is 0 Å². The minimum atomic E-state index is 0.428. The third-order valence-corrected chi connectivity index (χ3v) is 2.96. The second-order valence-corrected chi connectivity index (χ2v) is 4.76. The topological polar surface area (TPSA) is 50.9 Å². The number of aromatic nitrogens is 1. The predicted octanol–water partition coefficient (Wildman–Crippen LogP) is 2.18. The maximum Gasteiger partial charge on any atom is 0.126 e. The molecule has 76 valence electrons. The Labute approximate surface area is 84.7 Å². The summed E-state index contributed by atoms with van der Waals surface area (Å²) in [7, 11) is 0. The Balaban J connectivity index is 2.08. The van der Waals surface area contributed by atoms with Gasteiger partial charge in [-0.15, -0.1) is 0 Å². The zero-order chi connectivity index (χ0) is 10.3. The number of hydrogen-bond acceptors (Lipinski definition) is 3. The zero-order valence-electron chi connectivity index (χ0n) is 8.96. The van der Waals surface area contributed by atoms with Crippen LogP contribution in [0.4, 0.5) is 11.5 Å². The SMILES string of the molecule is Cc1nc(NC2CC2(C)C)ccc1N. The fourth-order valence-electron chi connectivity index (χ4n) is 1.54. The molecule has 1 fully saturated rings. The van der Waals surface area contributed by atoms with Crippen LogP contribution in [-0.4, -0.2) is 11.0 Å². The smallest absolute Gasteiger partial charge is 0.126 e. The first kappa shape index (κ1) is 9.31. The Morgan fingerprint density at radius 3 is 2.64 bits per heavy atom. The second-order valence-electron chi connectivity index (χ2n) is 4.76. The molecule has 3 heteroatoms. The zero-order valence-corrected chi connectivity index (χ0v) is 8.96. The molecule has 0 aromatic carbocycles. The summed E-state index contributed by atoms with van der Waals surface area (Å²) >= 11 is 0. The summed E-state index contributed by atoms with van der Waals surface area (Å²) in [5, 5.41) is 3.41. The van der Waals surface area contributed by atoms with Gasteiger partial charge in [0.05, 0.1) is 11.4 Å². The summed E-state index contributed by atoms with van der Waals surface area (Å²) in [6.45, 7) is 6.45. The Morgan fingerprint density at radius 1 is 1.50 bits per heavy atom. The average molecular weight is 191 g/mol. The average Bonchev–Trinajstić information content (AvgIpc) is 2.67. The minimum Gasteiger partial charge on any atom is -0.397 e. The third kappa shape index (κ3) is 1.67. The molecule has 0 aliphatic heterocycles. The molecule has 0 spiro atoms. The molecule has 1 aromatic heterocycles. The van der Waals surface area contributed by atoms with E-state index < -0.39 is 0 Å². The van der Waals surface area contributed by atoms with Crippen LogP contribution in [0.5, 0.6) is 0 Å². The van der Waals surface area contributed by atoms with Gasteiger partial charge in [-0.3, -0.25) is 0 Å². The van der Waals surface area contributed by atoms with Crippen molar-refractivity contribution >= 4 is 11.5 Å². The fourth-order valence-corrected chi connectivity index (χ4v) is 1.54. The molecule has 2 rings (SSSR count). The van der Waals surface area contributed by atoms with Crippen molar-refractivity contribution in [3.05, 3.63) is 17.8 Å². The Kier molecular flexibility index (Phi) is 1.91. The normalized spacial score (nSPS) is 23.2. The summed E-state index contributed by atoms with van der Waals surface area (Å²) < 4.78 is 0. The maximum atomic E-state index is 5.70. The maximum absolute atomic E-state index is 5.70. The highest BCUT2D eigenvalue weighted by atomic mass is 15.1. The number of hydrogen-bond donors (Lipinski definition) is 2. The molecule has 1 saturated carbocycles. The van der Waals surface area contributed by atoms with Crippen LogP contribution in [0.15, 0.2) is 12.1 Å². The Morgan fingerprint density at radius 2 is 2.14 bits per heavy atom. The van der Waals surface area contributed by atoms with Crippen LogP contribution in [0, 0.1) is 12.3 Å². The lowest BCUT2D eigenvalue weighted by Crippen LogP contribution is -2.10. The first-order chi connectivity index (χ1) is 6.49. The van der Waals surface area contributed by atoms with Crippen molar-refractivity contribution < 1.29 is 0 Å². The van der Waals surface area contributed by atoms with Gasteiger partial charge in [0, 0.05) is 6.04 Å². The molecule has 1 unspecified atom stereocenters. The molecular formula is C11H17N3. The highest BCUT2D eigenvalue weighted by molar-refractivity contribution is 5.50. The van der Waals surface area contributed by atoms with Crippen LogP contribution in [0.2, 0.25) is 0 Å². The van der Waals surface area contributed by atoms with Gasteiger partial charge in [0.25, 0.3) is 0 Å². The number of nitrogens with two attached hydrogens (primary N) is 1. The highest BCUT2D eigenvalue weighted by Gasteiger charge is 2.45. The number of nitrogens with zero attached hydrogens (tertiary/aromatic N) is 1. The van der Waals surface area contributed by atoms with E-state index in [-0.39, 0.29) is 0 Å². The van der Waals surface area contributed by atoms with Crippen molar-refractivity contribution in [1.82, 2.24) is 4.98 Å². The Hall–Kier alpha value is -1.25. The van der Waals surface area contributed by atoms with E-state index in [0.717, 1.165) is 17.2 Å². The standard InChI is InChI=1S/C11H17N3/c1-7-8(12)4-5-10(13-7)14-9-6-11(9,2)3/h4-5,9H,6,12H2,1-3H3,(H,13,14). The molecule has 0 bridgehead atoms. The van der Waals surface area contributed by atoms with Gasteiger partial charge >= 0.3 is 0 Å². The van der Waals surface area contributed by atoms with Crippen molar-refractivity contribution in [2.75, 3.05) is 11.1 Å². The van der Waals surface area contributed by atoms with Crippen molar-refractivity contribution in [1.29, 1.82) is 0 Å². The summed E-state index contributed by atoms with van der Waals surface area (Å²) in [4.78, 5) is 4.38. The largest absolute Gasteiger partial charge is 0.397 e. The first-order valence-corrected chi connectivity index (χ1v) is 4.99. The van der Waals surface area contributed by atoms with Crippen LogP contribution in [0.25, 0.3) is 0 Å². The lowest BCUT2D eigenvalue weighted by Gasteiger charge is -2.08. The molecule has 1 heterocycles. The van der Waals surface area contributed by atoms with Gasteiger partial charge in [0.15, 0.2) is 0 Å². The molecule has 0 saturated heterocycles. The molecule has 3 N–H and O–H groups in total. The molecule has 1 aromatic rings. The van der Waals surface area contributed by atoms with Crippen molar-refractivity contribution in [2.24, 2.45) is 5.41 Å². The van der Waals surface area contributed by atoms with Gasteiger partial charge in [-0.25, -0.2) is 4.98 Å². The van der Waals surface area contributed by atoms with E-state index in [9.17, 15) is 0 Å². The van der Waals surface area contributed by atoms with E-state index in [2.05, 4.69) is 24.1 Å². The lowest BCUT2D eigenvalue weighted by atomic mass is 10.2. The summed E-state index contributed by atoms with van der Waals surface area (Å²) in [5.74, 6) is 0.937. The molecule has 14 heavy (non-hydrogen) atoms. The van der Waals surface area contributed by atoms with E-state index in [1.807, 2.05) is 19.1 Å². The van der Waals surface area contributed by atoms with E-state index in [1.54, 1.807) is 0 Å². The van der Waals surface area contributed by atoms with Gasteiger partial charge in [0.1, 0.15) is 5.82 Å². The summed E-state index contributed by atoms with van der Waals surface area (Å²) in [6, 6.07) is 4.41. The minimum absolute atomic E-state index is 0.428. The predicted molar refractivity (Wildman–Crippen MR) is 59.2 cm³/mol. The number of aryl methyl sites for hydroxylation is 1. The molecule has 1 aliphatic rings. The summed E-state index contributed by atoms with van der Waals surface area (Å²) in [5.41, 5.74) is 7.78. The van der Waals surface area contributed by atoms with E-state index >= 15 is 0 Å². The number of rotatable bonds is 2. The molecule has 0 radical (unpaired) electrons. The summed E-state index contributed by atoms with van der Waals surface area (Å²) in [6.07, 6.45) is 1.22.